The molecule has 0 aliphatic rings. The lowest BCUT2D eigenvalue weighted by atomic mass is 10.1. The lowest BCUT2D eigenvalue weighted by Crippen LogP contribution is -2.15. The highest BCUT2D eigenvalue weighted by Gasteiger charge is 2.09. The minimum absolute atomic E-state index is 0.193. The third-order valence-corrected chi connectivity index (χ3v) is 3.04. The molecule has 0 aromatic heterocycles. The van der Waals surface area contributed by atoms with Gasteiger partial charge in [0.1, 0.15) is 11.6 Å². The third kappa shape index (κ3) is 3.74. The predicted octanol–water partition coefficient (Wildman–Crippen LogP) is 3.30. The summed E-state index contributed by atoms with van der Waals surface area (Å²) in [5.74, 6) is -0.310. The van der Waals surface area contributed by atoms with Crippen LogP contribution in [0.2, 0.25) is 0 Å². The number of carbonyl (C=O) groups excluding carboxylic acids is 1. The second-order valence-corrected chi connectivity index (χ2v) is 4.75. The molecular formula is C15H14FNO2S. The summed E-state index contributed by atoms with van der Waals surface area (Å²) in [6, 6.07) is 11.3. The average molecular weight is 291 g/mol. The zero-order chi connectivity index (χ0) is 14.5. The number of methoxy groups -OCH3 is 1. The van der Waals surface area contributed by atoms with Crippen LogP contribution in [0.1, 0.15) is 5.56 Å². The number of thiol groups is 1. The number of ether oxygens (including phenoxy) is 1. The van der Waals surface area contributed by atoms with Gasteiger partial charge < -0.3 is 10.1 Å². The van der Waals surface area contributed by atoms with Gasteiger partial charge in [-0.25, -0.2) is 4.39 Å². The van der Waals surface area contributed by atoms with Gasteiger partial charge in [-0.05, 0) is 29.8 Å². The highest BCUT2D eigenvalue weighted by Crippen LogP contribution is 2.25. The number of nitrogens with one attached hydrogen (secondary N) is 1. The van der Waals surface area contributed by atoms with E-state index in [9.17, 15) is 9.18 Å². The van der Waals surface area contributed by atoms with Crippen molar-refractivity contribution in [2.24, 2.45) is 0 Å². The Labute approximate surface area is 122 Å². The summed E-state index contributed by atoms with van der Waals surface area (Å²) in [5, 5.41) is 2.70. The Morgan fingerprint density at radius 3 is 2.60 bits per heavy atom. The van der Waals surface area contributed by atoms with Crippen molar-refractivity contribution < 1.29 is 13.9 Å². The van der Waals surface area contributed by atoms with E-state index in [1.165, 1.54) is 25.3 Å². The first-order chi connectivity index (χ1) is 9.58. The summed E-state index contributed by atoms with van der Waals surface area (Å²) in [5.41, 5.74) is 1.33. The molecule has 5 heteroatoms. The van der Waals surface area contributed by atoms with Crippen molar-refractivity contribution in [3.8, 4) is 5.75 Å². The van der Waals surface area contributed by atoms with Crippen LogP contribution in [0.4, 0.5) is 10.1 Å². The maximum atomic E-state index is 13.1. The van der Waals surface area contributed by atoms with Crippen LogP contribution in [0.15, 0.2) is 47.4 Å². The number of halogens is 1. The van der Waals surface area contributed by atoms with Gasteiger partial charge in [0.05, 0.1) is 19.2 Å². The van der Waals surface area contributed by atoms with Crippen LogP contribution < -0.4 is 10.1 Å². The number of carbonyl (C=O) groups is 1. The fraction of sp³-hybridized carbons (Fsp3) is 0.133. The molecule has 2 aromatic rings. The van der Waals surface area contributed by atoms with Crippen molar-refractivity contribution in [1.29, 1.82) is 0 Å². The van der Waals surface area contributed by atoms with Gasteiger partial charge in [-0.1, -0.05) is 12.1 Å². The van der Waals surface area contributed by atoms with Crippen LogP contribution in [0, 0.1) is 5.82 Å². The van der Waals surface area contributed by atoms with Crippen LogP contribution >= 0.6 is 12.6 Å². The fourth-order valence-corrected chi connectivity index (χ4v) is 1.91. The molecule has 0 fully saturated rings. The zero-order valence-electron chi connectivity index (χ0n) is 10.9. The molecule has 0 spiro atoms. The first-order valence-corrected chi connectivity index (χ1v) is 6.44. The average Bonchev–Trinajstić information content (AvgIpc) is 2.43. The van der Waals surface area contributed by atoms with Crippen LogP contribution in [0.5, 0.6) is 5.75 Å². The summed E-state index contributed by atoms with van der Waals surface area (Å²) in [7, 11) is 1.43. The number of hydrogen-bond acceptors (Lipinski definition) is 3. The summed E-state index contributed by atoms with van der Waals surface area (Å²) in [6.07, 6.45) is 0.231. The van der Waals surface area contributed by atoms with Gasteiger partial charge >= 0.3 is 0 Å². The molecule has 0 aliphatic carbocycles. The molecule has 0 heterocycles. The van der Waals surface area contributed by atoms with E-state index >= 15 is 0 Å². The Morgan fingerprint density at radius 1 is 1.25 bits per heavy atom. The van der Waals surface area contributed by atoms with Gasteiger partial charge in [-0.2, -0.15) is 0 Å². The summed E-state index contributed by atoms with van der Waals surface area (Å²) in [4.78, 5) is 12.8. The molecule has 104 valence electrons. The number of benzene rings is 2. The van der Waals surface area contributed by atoms with Crippen molar-refractivity contribution >= 4 is 24.2 Å². The molecule has 0 saturated heterocycles. The van der Waals surface area contributed by atoms with E-state index < -0.39 is 5.82 Å². The van der Waals surface area contributed by atoms with Crippen LogP contribution in [0.3, 0.4) is 0 Å². The standard InChI is InChI=1S/C15H14FNO2S/c1-19-14-9-11(16)4-7-13(14)17-15(18)8-10-2-5-12(20)6-3-10/h2-7,9,20H,8H2,1H3,(H,17,18). The number of rotatable bonds is 4. The van der Waals surface area contributed by atoms with Gasteiger partial charge in [-0.3, -0.25) is 4.79 Å². The second kappa shape index (κ2) is 6.43. The maximum absolute atomic E-state index is 13.1. The van der Waals surface area contributed by atoms with E-state index in [0.717, 1.165) is 10.5 Å². The minimum atomic E-state index is -0.413. The Morgan fingerprint density at radius 2 is 1.95 bits per heavy atom. The molecule has 0 bridgehead atoms. The minimum Gasteiger partial charge on any atom is -0.494 e. The Kier molecular flexibility index (Phi) is 4.63. The first-order valence-electron chi connectivity index (χ1n) is 6.00. The summed E-state index contributed by atoms with van der Waals surface area (Å²) in [6.45, 7) is 0. The molecule has 20 heavy (non-hydrogen) atoms. The van der Waals surface area contributed by atoms with E-state index in [2.05, 4.69) is 17.9 Å². The van der Waals surface area contributed by atoms with Gasteiger partial charge in [0.2, 0.25) is 5.91 Å². The number of anilines is 1. The van der Waals surface area contributed by atoms with Gasteiger partial charge in [-0.15, -0.1) is 12.6 Å². The molecular weight excluding hydrogens is 277 g/mol. The molecule has 0 unspecified atom stereocenters. The monoisotopic (exact) mass is 291 g/mol. The maximum Gasteiger partial charge on any atom is 0.228 e. The van der Waals surface area contributed by atoms with E-state index in [-0.39, 0.29) is 12.3 Å². The number of amides is 1. The fourth-order valence-electron chi connectivity index (χ4n) is 1.76. The van der Waals surface area contributed by atoms with E-state index in [1.807, 2.05) is 24.3 Å². The van der Waals surface area contributed by atoms with Crippen molar-refractivity contribution in [2.75, 3.05) is 12.4 Å². The molecule has 0 aliphatic heterocycles. The molecule has 1 N–H and O–H groups in total. The van der Waals surface area contributed by atoms with Crippen molar-refractivity contribution in [2.45, 2.75) is 11.3 Å². The van der Waals surface area contributed by atoms with Gasteiger partial charge in [0, 0.05) is 11.0 Å². The SMILES string of the molecule is COc1cc(F)ccc1NC(=O)Cc1ccc(S)cc1. The smallest absolute Gasteiger partial charge is 0.228 e. The lowest BCUT2D eigenvalue weighted by Gasteiger charge is -2.10. The summed E-state index contributed by atoms with van der Waals surface area (Å²) >= 11 is 4.19. The lowest BCUT2D eigenvalue weighted by molar-refractivity contribution is -0.115. The third-order valence-electron chi connectivity index (χ3n) is 2.74. The topological polar surface area (TPSA) is 38.3 Å². The Balaban J connectivity index is 2.06. The summed E-state index contributed by atoms with van der Waals surface area (Å²) < 4.78 is 18.1. The zero-order valence-corrected chi connectivity index (χ0v) is 11.8. The Hall–Kier alpha value is -2.01. The van der Waals surface area contributed by atoms with Crippen LogP contribution in [0.25, 0.3) is 0 Å². The van der Waals surface area contributed by atoms with Crippen molar-refractivity contribution in [1.82, 2.24) is 0 Å². The molecule has 0 radical (unpaired) electrons. The molecule has 0 atom stereocenters. The quantitative estimate of drug-likeness (QED) is 0.848. The Bertz CT molecular complexity index is 614. The first kappa shape index (κ1) is 14.4. The molecule has 0 saturated carbocycles. The van der Waals surface area contributed by atoms with Crippen molar-refractivity contribution in [3.63, 3.8) is 0 Å². The van der Waals surface area contributed by atoms with Gasteiger partial charge in [0.25, 0.3) is 0 Å². The van der Waals surface area contributed by atoms with Crippen molar-refractivity contribution in [3.05, 3.63) is 53.8 Å². The van der Waals surface area contributed by atoms with E-state index in [1.54, 1.807) is 0 Å². The molecule has 2 aromatic carbocycles. The molecule has 2 rings (SSSR count). The van der Waals surface area contributed by atoms with Gasteiger partial charge in [0.15, 0.2) is 0 Å². The highest BCUT2D eigenvalue weighted by atomic mass is 32.1. The normalized spacial score (nSPS) is 10.2. The van der Waals surface area contributed by atoms with E-state index in [0.29, 0.717) is 11.4 Å². The molecule has 1 amide bonds. The van der Waals surface area contributed by atoms with Crippen LogP contribution in [-0.4, -0.2) is 13.0 Å². The highest BCUT2D eigenvalue weighted by molar-refractivity contribution is 7.80. The predicted molar refractivity (Wildman–Crippen MR) is 79.0 cm³/mol. The largest absolute Gasteiger partial charge is 0.494 e. The van der Waals surface area contributed by atoms with E-state index in [4.69, 9.17) is 4.74 Å². The number of hydrogen-bond donors (Lipinski definition) is 2. The van der Waals surface area contributed by atoms with Crippen LogP contribution in [-0.2, 0) is 11.2 Å². The second-order valence-electron chi connectivity index (χ2n) is 4.24. The molecule has 3 nitrogen and oxygen atoms in total.